The van der Waals surface area contributed by atoms with E-state index >= 15 is 0 Å². The van der Waals surface area contributed by atoms with Crippen LogP contribution < -0.4 is 5.32 Å². The summed E-state index contributed by atoms with van der Waals surface area (Å²) >= 11 is 0. The van der Waals surface area contributed by atoms with Crippen LogP contribution >= 0.6 is 0 Å². The highest BCUT2D eigenvalue weighted by Crippen LogP contribution is 2.26. The lowest BCUT2D eigenvalue weighted by atomic mass is 9.99. The highest BCUT2D eigenvalue weighted by Gasteiger charge is 2.48. The summed E-state index contributed by atoms with van der Waals surface area (Å²) in [4.78, 5) is 13.0. The van der Waals surface area contributed by atoms with Crippen molar-refractivity contribution < 1.29 is 51.8 Å². The highest BCUT2D eigenvalue weighted by molar-refractivity contribution is 7.80. The minimum absolute atomic E-state index is 0.226. The number of carbonyl (C=O) groups excluding carboxylic acids is 1. The molecule has 6 N–H and O–H groups in total. The van der Waals surface area contributed by atoms with Crippen molar-refractivity contribution in [1.82, 2.24) is 5.32 Å². The number of aliphatic hydroxyl groups excluding tert-OH is 4. The van der Waals surface area contributed by atoms with E-state index in [0.717, 1.165) is 51.4 Å². The average molecular weight is 908 g/mol. The molecule has 1 saturated heterocycles. The number of aliphatic hydroxyl groups is 4. The number of nitrogens with one attached hydrogen (secondary N) is 1. The van der Waals surface area contributed by atoms with E-state index in [0.29, 0.717) is 12.8 Å². The molecule has 0 aliphatic carbocycles. The van der Waals surface area contributed by atoms with Crippen molar-refractivity contribution in [3.63, 3.8) is 0 Å². The Hall–Kier alpha value is -0.900. The van der Waals surface area contributed by atoms with Crippen molar-refractivity contribution in [3.05, 3.63) is 0 Å². The van der Waals surface area contributed by atoms with Crippen LogP contribution in [0.25, 0.3) is 0 Å². The van der Waals surface area contributed by atoms with Crippen molar-refractivity contribution in [2.24, 2.45) is 0 Å². The van der Waals surface area contributed by atoms with E-state index in [9.17, 15) is 38.2 Å². The van der Waals surface area contributed by atoms with E-state index < -0.39 is 59.9 Å². The largest absolute Gasteiger partial charge is 0.397 e. The molecule has 0 bridgehead atoms. The molecule has 13 heteroatoms. The third-order valence-corrected chi connectivity index (χ3v) is 13.1. The quantitative estimate of drug-likeness (QED) is 0.0252. The Balaban J connectivity index is 2.26. The number of hydrogen-bond donors (Lipinski definition) is 6. The third-order valence-electron chi connectivity index (χ3n) is 12.7. The highest BCUT2D eigenvalue weighted by atomic mass is 32.3. The third kappa shape index (κ3) is 32.7. The predicted molar refractivity (Wildman–Crippen MR) is 250 cm³/mol. The van der Waals surface area contributed by atoms with Crippen molar-refractivity contribution in [3.8, 4) is 0 Å². The lowest BCUT2D eigenvalue weighted by Gasteiger charge is -2.41. The van der Waals surface area contributed by atoms with Crippen molar-refractivity contribution >= 4 is 16.3 Å². The summed E-state index contributed by atoms with van der Waals surface area (Å²) in [6, 6.07) is -0.850. The second-order valence-corrected chi connectivity index (χ2v) is 19.5. The van der Waals surface area contributed by atoms with Gasteiger partial charge in [-0.15, -0.1) is 0 Å². The maximum Gasteiger partial charge on any atom is 0.397 e. The van der Waals surface area contributed by atoms with Crippen LogP contribution in [0.5, 0.6) is 0 Å². The Morgan fingerprint density at radius 1 is 0.581 bits per heavy atom. The molecule has 370 valence electrons. The lowest BCUT2D eigenvalue weighted by molar-refractivity contribution is -0.298. The normalized spacial score (nSPS) is 20.4. The molecule has 0 radical (unpaired) electrons. The molecular formula is C49H97NO11S. The molecule has 0 spiro atoms. The van der Waals surface area contributed by atoms with Gasteiger partial charge in [0.15, 0.2) is 6.29 Å². The van der Waals surface area contributed by atoms with E-state index in [4.69, 9.17) is 9.47 Å². The van der Waals surface area contributed by atoms with E-state index in [1.807, 2.05) is 0 Å². The molecule has 1 amide bonds. The Kier molecular flexibility index (Phi) is 38.5. The Morgan fingerprint density at radius 3 is 1.29 bits per heavy atom. The van der Waals surface area contributed by atoms with Crippen molar-refractivity contribution in [2.45, 2.75) is 294 Å². The smallest absolute Gasteiger partial charge is 0.394 e. The van der Waals surface area contributed by atoms with Crippen LogP contribution in [0, 0.1) is 0 Å². The van der Waals surface area contributed by atoms with E-state index in [-0.39, 0.29) is 12.5 Å². The van der Waals surface area contributed by atoms with E-state index in [1.165, 1.54) is 173 Å². The molecule has 1 fully saturated rings. The first-order chi connectivity index (χ1) is 30.0. The zero-order chi connectivity index (χ0) is 45.5. The summed E-state index contributed by atoms with van der Waals surface area (Å²) in [6.45, 7) is 3.44. The van der Waals surface area contributed by atoms with Gasteiger partial charge in [0, 0.05) is 6.42 Å². The van der Waals surface area contributed by atoms with Crippen LogP contribution in [-0.4, -0.2) is 95.4 Å². The first-order valence-corrected chi connectivity index (χ1v) is 27.3. The summed E-state index contributed by atoms with van der Waals surface area (Å²) < 4.78 is 47.6. The molecular weight excluding hydrogens is 811 g/mol. The number of unbranched alkanes of at least 4 members (excludes halogenated alkanes) is 33. The van der Waals surface area contributed by atoms with Crippen LogP contribution in [0.2, 0.25) is 0 Å². The molecule has 7 atom stereocenters. The van der Waals surface area contributed by atoms with Crippen LogP contribution in [0.3, 0.4) is 0 Å². The Bertz CT molecular complexity index is 1120. The van der Waals surface area contributed by atoms with Gasteiger partial charge >= 0.3 is 10.4 Å². The van der Waals surface area contributed by atoms with E-state index in [2.05, 4.69) is 23.3 Å². The summed E-state index contributed by atoms with van der Waals surface area (Å²) in [7, 11) is -5.07. The fourth-order valence-electron chi connectivity index (χ4n) is 8.64. The molecule has 7 unspecified atom stereocenters. The summed E-state index contributed by atoms with van der Waals surface area (Å²) in [5.74, 6) is -0.226. The fraction of sp³-hybridized carbons (Fsp3) is 0.980. The number of rotatable bonds is 45. The van der Waals surface area contributed by atoms with Crippen molar-refractivity contribution in [2.75, 3.05) is 13.2 Å². The average Bonchev–Trinajstić information content (AvgIpc) is 3.24. The molecule has 62 heavy (non-hydrogen) atoms. The minimum Gasteiger partial charge on any atom is -0.394 e. The maximum atomic E-state index is 13.0. The van der Waals surface area contributed by atoms with Gasteiger partial charge in [0.05, 0.1) is 25.4 Å². The van der Waals surface area contributed by atoms with Gasteiger partial charge in [0.25, 0.3) is 0 Å². The zero-order valence-electron chi connectivity index (χ0n) is 39.7. The molecule has 1 rings (SSSR count). The predicted octanol–water partition coefficient (Wildman–Crippen LogP) is 10.9. The second-order valence-electron chi connectivity index (χ2n) is 18.5. The summed E-state index contributed by atoms with van der Waals surface area (Å²) in [5.41, 5.74) is 0. The molecule has 0 aromatic rings. The first-order valence-electron chi connectivity index (χ1n) is 25.9. The minimum atomic E-state index is -5.07. The van der Waals surface area contributed by atoms with Gasteiger partial charge in [-0.3, -0.25) is 9.35 Å². The molecule has 0 aromatic heterocycles. The SMILES string of the molecule is CCCCCCCCCCCCCCCCCCCCCCCCCCCCC(=O)NC(COC1OC(CO)C(O)C(OS(=O)(=O)O)C1O)C(O)CCCCCCCCCCC. The second kappa shape index (κ2) is 40.4. The van der Waals surface area contributed by atoms with Gasteiger partial charge in [0.1, 0.15) is 24.4 Å². The Morgan fingerprint density at radius 2 is 0.935 bits per heavy atom. The van der Waals surface area contributed by atoms with Gasteiger partial charge < -0.3 is 35.2 Å². The number of hydrogen-bond acceptors (Lipinski definition) is 10. The number of carbonyl (C=O) groups is 1. The van der Waals surface area contributed by atoms with Crippen LogP contribution in [0.4, 0.5) is 0 Å². The topological polar surface area (TPSA) is 192 Å². The van der Waals surface area contributed by atoms with Gasteiger partial charge in [0.2, 0.25) is 5.91 Å². The van der Waals surface area contributed by atoms with Crippen LogP contribution in [-0.2, 0) is 28.9 Å². The van der Waals surface area contributed by atoms with E-state index in [1.54, 1.807) is 0 Å². The molecule has 12 nitrogen and oxygen atoms in total. The number of amides is 1. The fourth-order valence-corrected chi connectivity index (χ4v) is 9.15. The molecule has 1 heterocycles. The standard InChI is InChI=1S/C49H97NO11S/c1-3-5-7-9-11-13-14-15-16-17-18-19-20-21-22-23-24-25-26-27-28-29-31-33-35-37-39-45(53)50-42(43(52)38-36-34-32-30-12-10-8-6-4-2)41-59-49-47(55)48(61-62(56,57)58)46(54)44(40-51)60-49/h42-44,46-49,51-52,54-55H,3-41H2,1-2H3,(H,50,53)(H,56,57,58). The van der Waals surface area contributed by atoms with Crippen LogP contribution in [0.1, 0.15) is 251 Å². The number of ether oxygens (including phenoxy) is 2. The summed E-state index contributed by atoms with van der Waals surface area (Å²) in [6.07, 6.45) is 35.7. The van der Waals surface area contributed by atoms with Crippen LogP contribution in [0.15, 0.2) is 0 Å². The molecule has 1 aliphatic heterocycles. The lowest BCUT2D eigenvalue weighted by Crippen LogP contribution is -2.61. The van der Waals surface area contributed by atoms with Gasteiger partial charge in [-0.05, 0) is 12.8 Å². The zero-order valence-corrected chi connectivity index (χ0v) is 40.5. The maximum absolute atomic E-state index is 13.0. The monoisotopic (exact) mass is 908 g/mol. The molecule has 1 aliphatic rings. The van der Waals surface area contributed by atoms with Gasteiger partial charge in [-0.1, -0.05) is 232 Å². The molecule has 0 aromatic carbocycles. The Labute approximate surface area is 379 Å². The van der Waals surface area contributed by atoms with Gasteiger partial charge in [-0.2, -0.15) is 8.42 Å². The van der Waals surface area contributed by atoms with Gasteiger partial charge in [-0.25, -0.2) is 4.18 Å². The summed E-state index contributed by atoms with van der Waals surface area (Å²) in [5, 5.41) is 44.8. The first kappa shape index (κ1) is 59.1. The molecule has 0 saturated carbocycles. The van der Waals surface area contributed by atoms with Crippen molar-refractivity contribution in [1.29, 1.82) is 0 Å².